The molecule has 4 aromatic carbocycles. The average molecular weight is 1990 g/mol. The zero-order chi connectivity index (χ0) is 100. The number of aromatic nitrogens is 6. The lowest BCUT2D eigenvalue weighted by molar-refractivity contribution is -0.140. The number of hydrogen-bond acceptors (Lipinski definition) is 16. The van der Waals surface area contributed by atoms with Gasteiger partial charge in [-0.15, -0.1) is 0 Å². The summed E-state index contributed by atoms with van der Waals surface area (Å²) in [7, 11) is 1.31. The van der Waals surface area contributed by atoms with Crippen molar-refractivity contribution in [1.29, 1.82) is 0 Å². The van der Waals surface area contributed by atoms with Crippen LogP contribution in [0.2, 0.25) is 5.15 Å². The second kappa shape index (κ2) is 38.6. The van der Waals surface area contributed by atoms with E-state index in [1.54, 1.807) is 61.8 Å². The molecular weight excluding hydrogens is 1870 g/mol. The Morgan fingerprint density at radius 1 is 0.453 bits per heavy atom. The van der Waals surface area contributed by atoms with Crippen molar-refractivity contribution in [2.45, 2.75) is 243 Å². The molecule has 2 saturated carbocycles. The van der Waals surface area contributed by atoms with Gasteiger partial charge in [0.2, 0.25) is 0 Å². The summed E-state index contributed by atoms with van der Waals surface area (Å²) in [6.45, 7) is 16.9. The van der Waals surface area contributed by atoms with Gasteiger partial charge in [0.15, 0.2) is 19.7 Å². The first kappa shape index (κ1) is 102. The number of piperidine rings is 4. The van der Waals surface area contributed by atoms with Crippen LogP contribution in [0.15, 0.2) is 156 Å². The number of sulfone groups is 2. The largest absolute Gasteiger partial charge is 0.456 e. The topological polar surface area (TPSA) is 265 Å². The van der Waals surface area contributed by atoms with Gasteiger partial charge in [-0.05, 0) is 277 Å². The highest BCUT2D eigenvalue weighted by molar-refractivity contribution is 7.92. The SMILES string of the molecule is CN1CCn2c(Cl)ccc2C12CCN(C(=O)c1ccc(C3(O)CCCC3)cc1)CC2.CN1CCn2c(ccc2S(C)(=O)=O)C12CCN(C(=O)c1ccc(C3CCCCC3)cc1)CC2.C[C@H]1Cn2c(C(=O)C(F)(F)F)ccc2C2(CCN(C(=O)c3ccc(S(=O)(=O)C(C)(C)C)cc3)CC2)N1C.Cc1cc(C(=O)N2CCC3(CC2)c2ccc(C(=O)C(F)(F)F)n2CCN3C)ccc1-c1cn[nH]c1C(F)(F)F.[HH].[HH]. The van der Waals surface area contributed by atoms with E-state index in [9.17, 15) is 90.2 Å². The molecule has 4 saturated heterocycles. The summed E-state index contributed by atoms with van der Waals surface area (Å²) >= 11 is 6.40. The third-order valence-electron chi connectivity index (χ3n) is 31.8. The van der Waals surface area contributed by atoms with E-state index >= 15 is 0 Å². The standard InChI is InChI=1S/C26H25F6N5O2.C26H32F3N3O4S.C26H35N3O3S.C24H30ClN3O2.2H2/c1-15-13-16(3-4-17(15)18-14-33-34-21(18)25(27,28)29)23(39)36-9-7-24(8-10-36)20-6-5-19(22(38)26(30,31)32)37(20)12-11-35(24)2;1-17-16-32-20(22(33)26(27,28)29)10-11-21(32)25(30(17)5)12-14-31(15-13-25)23(34)18-6-8-19(9-7-18)37(35,36)24(2,3)4;1-27-18-19-29-23(12-13-24(29)33(2,31)32)26(27)14-16-28(17-15-26)25(30)22-10-8-21(9-11-22)20-6-4-3-5-7-20;1-26-16-17-28-20(8-9-21(28)25)23(26)12-14-27(15-13-23)22(29)18-4-6-19(7-5-18)24(30)10-2-3-11-24;;/h3-6,13-14H,7-12H2,1-2H3,(H,33,34);6-11,17H,12-16H2,1-5H3;8-13,20H,3-7,14-19H2,1-2H3;4-9,30H,2-3,10-17H2,1H3;2*1H/t;17-;;;;/m.0..../s1. The monoisotopic (exact) mass is 1990 g/mol. The van der Waals surface area contributed by atoms with E-state index < -0.39 is 76.9 Å². The average Bonchev–Trinajstić information content (AvgIpc) is 1.62. The van der Waals surface area contributed by atoms with Crippen LogP contribution in [0.4, 0.5) is 39.5 Å². The molecular formula is C102H126ClF9N14O11S2. The number of aryl methyl sites for hydroxylation is 1. The van der Waals surface area contributed by atoms with Crippen LogP contribution in [0.5, 0.6) is 0 Å². The van der Waals surface area contributed by atoms with Gasteiger partial charge in [0.25, 0.3) is 35.2 Å². The number of likely N-dealkylation sites (N-methyl/N-ethyl adjacent to an activating group) is 4. The van der Waals surface area contributed by atoms with Crippen LogP contribution in [-0.4, -0.2) is 254 Å². The van der Waals surface area contributed by atoms with Crippen molar-refractivity contribution in [1.82, 2.24) is 67.7 Å². The van der Waals surface area contributed by atoms with Gasteiger partial charge in [0.05, 0.1) is 55.0 Å². The summed E-state index contributed by atoms with van der Waals surface area (Å²) in [5.74, 6) is -3.41. The Labute approximate surface area is 812 Å². The van der Waals surface area contributed by atoms with Gasteiger partial charge in [0, 0.05) is 164 Å². The van der Waals surface area contributed by atoms with Crippen molar-refractivity contribution in [3.8, 4) is 11.1 Å². The number of carbonyl (C=O) groups excluding carboxylic acids is 6. The first-order chi connectivity index (χ1) is 65.5. The fourth-order valence-corrected chi connectivity index (χ4v) is 25.7. The first-order valence-electron chi connectivity index (χ1n) is 47.9. The summed E-state index contributed by atoms with van der Waals surface area (Å²) in [5, 5.41) is 17.5. The molecule has 2 aliphatic carbocycles. The van der Waals surface area contributed by atoms with E-state index in [2.05, 4.69) is 61.6 Å². The molecule has 37 heteroatoms. The van der Waals surface area contributed by atoms with Gasteiger partial charge in [-0.3, -0.25) is 53.5 Å². The van der Waals surface area contributed by atoms with Crippen LogP contribution in [0, 0.1) is 6.92 Å². The second-order valence-corrected chi connectivity index (χ2v) is 45.5. The summed E-state index contributed by atoms with van der Waals surface area (Å²) in [6, 6.07) is 39.8. The predicted molar refractivity (Wildman–Crippen MR) is 511 cm³/mol. The number of aliphatic hydroxyl groups is 1. The minimum atomic E-state index is -4.97. The Hall–Kier alpha value is -10.2. The van der Waals surface area contributed by atoms with Crippen molar-refractivity contribution < 1.29 is 93.1 Å². The quantitative estimate of drug-likeness (QED) is 0.0900. The number of H-pyrrole nitrogens is 1. The molecule has 1 atom stereocenters. The lowest BCUT2D eigenvalue weighted by Gasteiger charge is -2.53. The number of hydrogen-bond donors (Lipinski definition) is 2. The molecule has 8 aliphatic heterocycles. The second-order valence-electron chi connectivity index (χ2n) is 40.4. The molecule has 13 heterocycles. The van der Waals surface area contributed by atoms with Gasteiger partial charge in [-0.1, -0.05) is 74.0 Å². The molecule has 10 aliphatic rings. The lowest BCUT2D eigenvalue weighted by Crippen LogP contribution is -2.59. The van der Waals surface area contributed by atoms with Crippen LogP contribution in [0.25, 0.3) is 11.1 Å². The number of fused-ring (bicyclic) bond motifs is 8. The molecule has 25 nitrogen and oxygen atoms in total. The number of alkyl halides is 9. The predicted octanol–water partition coefficient (Wildman–Crippen LogP) is 17.8. The lowest BCUT2D eigenvalue weighted by atomic mass is 9.80. The van der Waals surface area contributed by atoms with Crippen molar-refractivity contribution in [3.63, 3.8) is 0 Å². The van der Waals surface area contributed by atoms with Gasteiger partial charge >= 0.3 is 18.5 Å². The molecule has 0 unspecified atom stereocenters. The molecule has 139 heavy (non-hydrogen) atoms. The molecule has 0 radical (unpaired) electrons. The number of ketones is 2. The summed E-state index contributed by atoms with van der Waals surface area (Å²) in [5.41, 5.74) is 4.87. The van der Waals surface area contributed by atoms with Gasteiger partial charge < -0.3 is 43.0 Å². The van der Waals surface area contributed by atoms with Gasteiger partial charge in [-0.2, -0.15) is 44.6 Å². The number of rotatable bonds is 11. The third-order valence-corrected chi connectivity index (χ3v) is 35.7. The van der Waals surface area contributed by atoms with Crippen LogP contribution >= 0.6 is 11.6 Å². The molecule has 5 aromatic heterocycles. The van der Waals surface area contributed by atoms with Crippen LogP contribution in [-0.2, 0) is 79.8 Å². The number of benzene rings is 4. The molecule has 752 valence electrons. The molecule has 19 rings (SSSR count). The highest BCUT2D eigenvalue weighted by Gasteiger charge is 2.54. The molecule has 4 spiro atoms. The summed E-state index contributed by atoms with van der Waals surface area (Å²) < 4.78 is 175. The maximum Gasteiger partial charge on any atom is 0.456 e. The minimum Gasteiger partial charge on any atom is -0.385 e. The van der Waals surface area contributed by atoms with E-state index in [-0.39, 0.29) is 78.5 Å². The van der Waals surface area contributed by atoms with Crippen molar-refractivity contribution in [2.24, 2.45) is 0 Å². The third kappa shape index (κ3) is 19.3. The number of amides is 4. The Kier molecular flexibility index (Phi) is 28.2. The summed E-state index contributed by atoms with van der Waals surface area (Å²) in [6.07, 6.45) is 3.39. The highest BCUT2D eigenvalue weighted by Crippen LogP contribution is 2.50. The number of nitrogens with zero attached hydrogens (tertiary/aromatic N) is 13. The zero-order valence-electron chi connectivity index (χ0n) is 80.1. The van der Waals surface area contributed by atoms with Crippen LogP contribution in [0.1, 0.15) is 253 Å². The molecule has 2 N–H and O–H groups in total. The smallest absolute Gasteiger partial charge is 0.385 e. The van der Waals surface area contributed by atoms with E-state index in [1.807, 2.05) is 89.0 Å². The highest BCUT2D eigenvalue weighted by atomic mass is 35.5. The summed E-state index contributed by atoms with van der Waals surface area (Å²) in [4.78, 5) is 93.3. The fraction of sp³-hybridized carbons (Fsp3) is 0.520. The van der Waals surface area contributed by atoms with E-state index in [0.717, 1.165) is 112 Å². The Morgan fingerprint density at radius 3 is 1.30 bits per heavy atom. The molecule has 6 fully saturated rings. The maximum atomic E-state index is 13.3. The zero-order valence-corrected chi connectivity index (χ0v) is 82.5. The Balaban J connectivity index is 0.000000149. The Morgan fingerprint density at radius 2 is 0.849 bits per heavy atom. The number of nitrogens with one attached hydrogen (secondary N) is 1. The van der Waals surface area contributed by atoms with Crippen LogP contribution < -0.4 is 0 Å². The van der Waals surface area contributed by atoms with E-state index in [1.165, 1.54) is 107 Å². The fourth-order valence-electron chi connectivity index (χ4n) is 23.3. The number of carbonyl (C=O) groups is 6. The van der Waals surface area contributed by atoms with Crippen molar-refractivity contribution in [3.05, 3.63) is 230 Å². The van der Waals surface area contributed by atoms with Crippen LogP contribution in [0.3, 0.4) is 0 Å². The molecule has 9 aromatic rings. The number of Topliss-reactive ketones (excluding diaryl/α,β-unsaturated/α-hetero) is 2. The number of likely N-dealkylation sites (tertiary alicyclic amines) is 4. The van der Waals surface area contributed by atoms with Gasteiger partial charge in [-0.25, -0.2) is 16.8 Å². The normalized spacial score (nSPS) is 20.7. The number of aromatic amines is 1. The minimum absolute atomic E-state index is 0. The molecule has 0 bridgehead atoms. The molecule has 4 amide bonds. The van der Waals surface area contributed by atoms with Crippen molar-refractivity contribution >= 4 is 66.5 Å². The van der Waals surface area contributed by atoms with E-state index in [0.29, 0.717) is 128 Å². The van der Waals surface area contributed by atoms with Crippen molar-refractivity contribution in [2.75, 3.05) is 106 Å². The van der Waals surface area contributed by atoms with E-state index in [4.69, 9.17) is 11.6 Å². The first-order valence-corrected chi connectivity index (χ1v) is 51.6. The Bertz CT molecular complexity index is 6340. The number of halogens is 10. The van der Waals surface area contributed by atoms with Gasteiger partial charge in [0.1, 0.15) is 15.9 Å². The maximum absolute atomic E-state index is 13.3.